The molecule has 0 aromatic heterocycles. The van der Waals surface area contributed by atoms with Crippen LogP contribution in [0.5, 0.6) is 11.5 Å². The smallest absolute Gasteiger partial charge is 0.134 e. The Morgan fingerprint density at radius 1 is 1.10 bits per heavy atom. The van der Waals surface area contributed by atoms with Gasteiger partial charge in [-0.1, -0.05) is 12.1 Å². The molecule has 0 radical (unpaired) electrons. The maximum absolute atomic E-state index is 5.85. The van der Waals surface area contributed by atoms with E-state index < -0.39 is 0 Å². The van der Waals surface area contributed by atoms with Gasteiger partial charge in [-0.15, -0.1) is 0 Å². The van der Waals surface area contributed by atoms with Crippen molar-refractivity contribution in [3.63, 3.8) is 0 Å². The molecule has 0 amide bonds. The number of methoxy groups -OCH3 is 1. The van der Waals surface area contributed by atoms with Crippen molar-refractivity contribution in [1.29, 1.82) is 0 Å². The highest BCUT2D eigenvalue weighted by Gasteiger charge is 2.07. The van der Waals surface area contributed by atoms with Crippen molar-refractivity contribution in [2.24, 2.45) is 5.73 Å². The van der Waals surface area contributed by atoms with Crippen LogP contribution in [0.25, 0.3) is 0 Å². The van der Waals surface area contributed by atoms with Crippen LogP contribution in [0.1, 0.15) is 16.7 Å². The molecule has 0 saturated carbocycles. The van der Waals surface area contributed by atoms with Crippen LogP contribution in [0.3, 0.4) is 0 Å². The van der Waals surface area contributed by atoms with Crippen LogP contribution in [-0.2, 0) is 13.2 Å². The average Bonchev–Trinajstić information content (AvgIpc) is 2.46. The normalized spacial score (nSPS) is 10.4. The topological polar surface area (TPSA) is 44.5 Å². The predicted octanol–water partition coefficient (Wildman–Crippen LogP) is 3.80. The molecule has 0 aliphatic carbocycles. The molecule has 0 spiro atoms. The summed E-state index contributed by atoms with van der Waals surface area (Å²) >= 11 is 3.51. The van der Waals surface area contributed by atoms with E-state index in [1.807, 2.05) is 43.3 Å². The van der Waals surface area contributed by atoms with Crippen molar-refractivity contribution < 1.29 is 9.47 Å². The zero-order chi connectivity index (χ0) is 14.5. The summed E-state index contributed by atoms with van der Waals surface area (Å²) in [7, 11) is 1.66. The third-order valence-corrected chi connectivity index (χ3v) is 3.67. The van der Waals surface area contributed by atoms with Crippen LogP contribution in [-0.4, -0.2) is 7.11 Å². The molecule has 0 unspecified atom stereocenters. The van der Waals surface area contributed by atoms with Crippen molar-refractivity contribution in [3.8, 4) is 11.5 Å². The molecule has 0 bridgehead atoms. The molecule has 2 N–H and O–H groups in total. The molecule has 3 nitrogen and oxygen atoms in total. The lowest BCUT2D eigenvalue weighted by atomic mass is 10.1. The number of hydrogen-bond acceptors (Lipinski definition) is 3. The molecule has 0 saturated heterocycles. The lowest BCUT2D eigenvalue weighted by Crippen LogP contribution is -2.02. The number of benzene rings is 2. The van der Waals surface area contributed by atoms with Crippen LogP contribution >= 0.6 is 15.9 Å². The Hall–Kier alpha value is -1.52. The highest BCUT2D eigenvalue weighted by molar-refractivity contribution is 9.10. The third kappa shape index (κ3) is 3.52. The number of hydrogen-bond donors (Lipinski definition) is 1. The summed E-state index contributed by atoms with van der Waals surface area (Å²) in [4.78, 5) is 0. The standard InChI is InChI=1S/C16H18BrNO2/c1-11-3-5-16(14(17)7-11)20-10-13-8-12(9-18)4-6-15(13)19-2/h3-8H,9-10,18H2,1-2H3. The van der Waals surface area contributed by atoms with Gasteiger partial charge in [0.15, 0.2) is 0 Å². The second-order valence-electron chi connectivity index (χ2n) is 4.57. The molecule has 106 valence electrons. The van der Waals surface area contributed by atoms with E-state index in [0.717, 1.165) is 27.1 Å². The Bertz CT molecular complexity index is 599. The average molecular weight is 336 g/mol. The van der Waals surface area contributed by atoms with Crippen molar-refractivity contribution in [2.45, 2.75) is 20.1 Å². The fourth-order valence-electron chi connectivity index (χ4n) is 1.95. The number of halogens is 1. The highest BCUT2D eigenvalue weighted by Crippen LogP contribution is 2.28. The Morgan fingerprint density at radius 2 is 1.85 bits per heavy atom. The minimum atomic E-state index is 0.443. The zero-order valence-corrected chi connectivity index (χ0v) is 13.2. The fourth-order valence-corrected chi connectivity index (χ4v) is 2.56. The molecule has 0 aliphatic rings. The quantitative estimate of drug-likeness (QED) is 0.903. The Morgan fingerprint density at radius 3 is 2.50 bits per heavy atom. The minimum Gasteiger partial charge on any atom is -0.496 e. The summed E-state index contributed by atoms with van der Waals surface area (Å²) < 4.78 is 12.2. The van der Waals surface area contributed by atoms with Crippen molar-refractivity contribution in [3.05, 3.63) is 57.6 Å². The molecule has 2 aromatic rings. The summed E-state index contributed by atoms with van der Waals surface area (Å²) in [5, 5.41) is 0. The molecule has 0 atom stereocenters. The van der Waals surface area contributed by atoms with Gasteiger partial charge in [0.1, 0.15) is 18.1 Å². The largest absolute Gasteiger partial charge is 0.496 e. The first-order valence-corrected chi connectivity index (χ1v) is 7.18. The second kappa shape index (κ2) is 6.77. The summed E-state index contributed by atoms with van der Waals surface area (Å²) in [6, 6.07) is 11.9. The third-order valence-electron chi connectivity index (χ3n) is 3.05. The number of ether oxygens (including phenoxy) is 2. The zero-order valence-electron chi connectivity index (χ0n) is 11.7. The van der Waals surface area contributed by atoms with Gasteiger partial charge in [-0.05, 0) is 58.2 Å². The molecular formula is C16H18BrNO2. The van der Waals surface area contributed by atoms with Gasteiger partial charge in [-0.3, -0.25) is 0 Å². The van der Waals surface area contributed by atoms with Crippen molar-refractivity contribution in [1.82, 2.24) is 0 Å². The van der Waals surface area contributed by atoms with Gasteiger partial charge in [0, 0.05) is 12.1 Å². The van der Waals surface area contributed by atoms with Crippen LogP contribution < -0.4 is 15.2 Å². The van der Waals surface area contributed by atoms with E-state index in [-0.39, 0.29) is 0 Å². The van der Waals surface area contributed by atoms with E-state index in [0.29, 0.717) is 13.2 Å². The van der Waals surface area contributed by atoms with E-state index in [1.165, 1.54) is 5.56 Å². The minimum absolute atomic E-state index is 0.443. The molecule has 2 rings (SSSR count). The lowest BCUT2D eigenvalue weighted by Gasteiger charge is -2.13. The Labute approximate surface area is 127 Å². The van der Waals surface area contributed by atoms with E-state index in [1.54, 1.807) is 7.11 Å². The monoisotopic (exact) mass is 335 g/mol. The Balaban J connectivity index is 2.17. The summed E-state index contributed by atoms with van der Waals surface area (Å²) in [5.74, 6) is 1.63. The van der Waals surface area contributed by atoms with Gasteiger partial charge in [-0.2, -0.15) is 0 Å². The molecule has 2 aromatic carbocycles. The van der Waals surface area contributed by atoms with E-state index in [2.05, 4.69) is 15.9 Å². The van der Waals surface area contributed by atoms with Crippen LogP contribution in [0, 0.1) is 6.92 Å². The lowest BCUT2D eigenvalue weighted by molar-refractivity contribution is 0.294. The molecule has 0 aliphatic heterocycles. The Kier molecular flexibility index (Phi) is 5.04. The summed E-state index contributed by atoms with van der Waals surface area (Å²) in [5.41, 5.74) is 8.91. The van der Waals surface area contributed by atoms with Crippen LogP contribution in [0.15, 0.2) is 40.9 Å². The second-order valence-corrected chi connectivity index (χ2v) is 5.43. The van der Waals surface area contributed by atoms with Gasteiger partial charge in [0.25, 0.3) is 0 Å². The summed E-state index contributed by atoms with van der Waals surface area (Å²) in [6.45, 7) is 2.99. The number of aryl methyl sites for hydroxylation is 1. The van der Waals surface area contributed by atoms with Crippen molar-refractivity contribution >= 4 is 15.9 Å². The molecular weight excluding hydrogens is 318 g/mol. The van der Waals surface area contributed by atoms with Crippen LogP contribution in [0.4, 0.5) is 0 Å². The maximum Gasteiger partial charge on any atom is 0.134 e. The predicted molar refractivity (Wildman–Crippen MR) is 84.1 cm³/mol. The molecule has 20 heavy (non-hydrogen) atoms. The van der Waals surface area contributed by atoms with E-state index >= 15 is 0 Å². The maximum atomic E-state index is 5.85. The first kappa shape index (κ1) is 14.9. The SMILES string of the molecule is COc1ccc(CN)cc1COc1ccc(C)cc1Br. The van der Waals surface area contributed by atoms with Gasteiger partial charge in [0.2, 0.25) is 0 Å². The molecule has 4 heteroatoms. The van der Waals surface area contributed by atoms with Gasteiger partial charge >= 0.3 is 0 Å². The first-order valence-electron chi connectivity index (χ1n) is 6.39. The van der Waals surface area contributed by atoms with Crippen LogP contribution in [0.2, 0.25) is 0 Å². The van der Waals surface area contributed by atoms with Crippen molar-refractivity contribution in [2.75, 3.05) is 7.11 Å². The van der Waals surface area contributed by atoms with Gasteiger partial charge in [-0.25, -0.2) is 0 Å². The number of rotatable bonds is 5. The van der Waals surface area contributed by atoms with Gasteiger partial charge in [0.05, 0.1) is 11.6 Å². The highest BCUT2D eigenvalue weighted by atomic mass is 79.9. The van der Waals surface area contributed by atoms with E-state index in [4.69, 9.17) is 15.2 Å². The first-order chi connectivity index (χ1) is 9.63. The number of nitrogens with two attached hydrogens (primary N) is 1. The van der Waals surface area contributed by atoms with Gasteiger partial charge < -0.3 is 15.2 Å². The van der Waals surface area contributed by atoms with E-state index in [9.17, 15) is 0 Å². The molecule has 0 fully saturated rings. The fraction of sp³-hybridized carbons (Fsp3) is 0.250. The summed E-state index contributed by atoms with van der Waals surface area (Å²) in [6.07, 6.45) is 0. The molecule has 0 heterocycles.